The van der Waals surface area contributed by atoms with E-state index in [9.17, 15) is 0 Å². The average Bonchev–Trinajstić information content (AvgIpc) is 3.07. The molecule has 0 radical (unpaired) electrons. The van der Waals surface area contributed by atoms with E-state index in [2.05, 4.69) is 45.7 Å². The quantitative estimate of drug-likeness (QED) is 0.888. The molecule has 108 valence electrons. The van der Waals surface area contributed by atoms with E-state index in [4.69, 9.17) is 0 Å². The summed E-state index contributed by atoms with van der Waals surface area (Å²) in [5, 5.41) is 12.8. The van der Waals surface area contributed by atoms with Gasteiger partial charge in [0.15, 0.2) is 0 Å². The summed E-state index contributed by atoms with van der Waals surface area (Å²) in [5.41, 5.74) is 3.95. The molecular formula is C15H22N4S. The van der Waals surface area contributed by atoms with Gasteiger partial charge >= 0.3 is 0 Å². The van der Waals surface area contributed by atoms with Gasteiger partial charge in [-0.3, -0.25) is 10.00 Å². The maximum atomic E-state index is 4.05. The van der Waals surface area contributed by atoms with Crippen molar-refractivity contribution in [2.45, 2.75) is 39.4 Å². The fraction of sp³-hybridized carbons (Fsp3) is 0.533. The normalized spacial score (nSPS) is 17.1. The molecule has 2 aromatic heterocycles. The van der Waals surface area contributed by atoms with Crippen LogP contribution in [0, 0.1) is 6.92 Å². The van der Waals surface area contributed by atoms with Crippen LogP contribution in [0.3, 0.4) is 0 Å². The van der Waals surface area contributed by atoms with Crippen LogP contribution in [-0.2, 0) is 19.5 Å². The molecule has 20 heavy (non-hydrogen) atoms. The Labute approximate surface area is 124 Å². The second kappa shape index (κ2) is 6.08. The number of nitrogens with one attached hydrogen (secondary N) is 2. The smallest absolute Gasteiger partial charge is 0.0535 e. The number of aromatic amines is 1. The van der Waals surface area contributed by atoms with Gasteiger partial charge in [0.25, 0.3) is 0 Å². The molecule has 0 unspecified atom stereocenters. The third-order valence-electron chi connectivity index (χ3n) is 4.15. The fourth-order valence-corrected chi connectivity index (χ4v) is 3.63. The summed E-state index contributed by atoms with van der Waals surface area (Å²) in [6, 6.07) is 2.84. The number of aromatic nitrogens is 2. The van der Waals surface area contributed by atoms with E-state index in [1.54, 1.807) is 4.88 Å². The van der Waals surface area contributed by atoms with Crippen LogP contribution in [0.15, 0.2) is 17.6 Å². The largest absolute Gasteiger partial charge is 0.311 e. The first-order valence-electron chi connectivity index (χ1n) is 7.23. The van der Waals surface area contributed by atoms with Crippen molar-refractivity contribution in [2.75, 3.05) is 13.1 Å². The zero-order valence-corrected chi connectivity index (χ0v) is 13.0. The minimum Gasteiger partial charge on any atom is -0.311 e. The van der Waals surface area contributed by atoms with E-state index >= 15 is 0 Å². The molecule has 1 atom stereocenters. The molecule has 1 aliphatic heterocycles. The molecule has 1 aliphatic rings. The SMILES string of the molecule is Cc1[nH]ncc1CNC[C@@H](C)N1CCc2sccc2C1. The Balaban J connectivity index is 1.48. The van der Waals surface area contributed by atoms with Crippen molar-refractivity contribution in [1.29, 1.82) is 0 Å². The summed E-state index contributed by atoms with van der Waals surface area (Å²) < 4.78 is 0. The van der Waals surface area contributed by atoms with Crippen molar-refractivity contribution in [3.05, 3.63) is 39.3 Å². The standard InChI is InChI=1S/C15H22N4S/c1-11(7-16-8-14-9-17-18-12(14)2)19-5-3-15-13(10-19)4-6-20-15/h4,6,9,11,16H,3,5,7-8,10H2,1-2H3,(H,17,18)/t11-/m1/s1. The third-order valence-corrected chi connectivity index (χ3v) is 5.17. The van der Waals surface area contributed by atoms with Gasteiger partial charge in [-0.1, -0.05) is 0 Å². The highest BCUT2D eigenvalue weighted by Crippen LogP contribution is 2.24. The van der Waals surface area contributed by atoms with E-state index in [1.165, 1.54) is 24.1 Å². The van der Waals surface area contributed by atoms with Crippen molar-refractivity contribution >= 4 is 11.3 Å². The minimum atomic E-state index is 0.565. The molecule has 0 spiro atoms. The van der Waals surface area contributed by atoms with Gasteiger partial charge in [-0.2, -0.15) is 5.10 Å². The van der Waals surface area contributed by atoms with Crippen LogP contribution in [0.4, 0.5) is 0 Å². The van der Waals surface area contributed by atoms with E-state index < -0.39 is 0 Å². The molecule has 0 bridgehead atoms. The van der Waals surface area contributed by atoms with Crippen LogP contribution in [-0.4, -0.2) is 34.2 Å². The van der Waals surface area contributed by atoms with E-state index in [0.717, 1.165) is 25.3 Å². The van der Waals surface area contributed by atoms with Gasteiger partial charge in [0.05, 0.1) is 6.20 Å². The van der Waals surface area contributed by atoms with Gasteiger partial charge in [0, 0.05) is 48.4 Å². The first-order chi connectivity index (χ1) is 9.74. The number of H-pyrrole nitrogens is 1. The number of nitrogens with zero attached hydrogens (tertiary/aromatic N) is 2. The summed E-state index contributed by atoms with van der Waals surface area (Å²) in [4.78, 5) is 4.15. The molecule has 0 saturated heterocycles. The molecule has 0 fully saturated rings. The van der Waals surface area contributed by atoms with Crippen molar-refractivity contribution in [2.24, 2.45) is 0 Å². The molecule has 5 heteroatoms. The number of thiophene rings is 1. The summed E-state index contributed by atoms with van der Waals surface area (Å²) in [5.74, 6) is 0. The van der Waals surface area contributed by atoms with Gasteiger partial charge in [0.1, 0.15) is 0 Å². The Morgan fingerprint density at radius 3 is 3.25 bits per heavy atom. The molecular weight excluding hydrogens is 268 g/mol. The van der Waals surface area contributed by atoms with Gasteiger partial charge < -0.3 is 5.32 Å². The van der Waals surface area contributed by atoms with Crippen LogP contribution >= 0.6 is 11.3 Å². The monoisotopic (exact) mass is 290 g/mol. The highest BCUT2D eigenvalue weighted by molar-refractivity contribution is 7.10. The zero-order valence-electron chi connectivity index (χ0n) is 12.1. The zero-order chi connectivity index (χ0) is 13.9. The number of fused-ring (bicyclic) bond motifs is 1. The summed E-state index contributed by atoms with van der Waals surface area (Å²) in [7, 11) is 0. The van der Waals surface area contributed by atoms with Gasteiger partial charge in [-0.15, -0.1) is 11.3 Å². The van der Waals surface area contributed by atoms with E-state index in [-0.39, 0.29) is 0 Å². The number of hydrogen-bond donors (Lipinski definition) is 2. The lowest BCUT2D eigenvalue weighted by Crippen LogP contribution is -2.42. The molecule has 0 aliphatic carbocycles. The molecule has 2 aromatic rings. The first kappa shape index (κ1) is 13.8. The van der Waals surface area contributed by atoms with Crippen LogP contribution in [0.1, 0.15) is 28.6 Å². The van der Waals surface area contributed by atoms with Crippen LogP contribution < -0.4 is 5.32 Å². The van der Waals surface area contributed by atoms with Crippen LogP contribution in [0.25, 0.3) is 0 Å². The maximum absolute atomic E-state index is 4.05. The van der Waals surface area contributed by atoms with Crippen LogP contribution in [0.5, 0.6) is 0 Å². The first-order valence-corrected chi connectivity index (χ1v) is 8.11. The highest BCUT2D eigenvalue weighted by atomic mass is 32.1. The number of hydrogen-bond acceptors (Lipinski definition) is 4. The molecule has 2 N–H and O–H groups in total. The van der Waals surface area contributed by atoms with Gasteiger partial charge in [-0.25, -0.2) is 0 Å². The van der Waals surface area contributed by atoms with E-state index in [0.29, 0.717) is 6.04 Å². The Bertz CT molecular complexity index is 560. The lowest BCUT2D eigenvalue weighted by molar-refractivity contribution is 0.188. The Hall–Kier alpha value is -1.17. The Morgan fingerprint density at radius 1 is 1.55 bits per heavy atom. The predicted molar refractivity (Wildman–Crippen MR) is 82.9 cm³/mol. The molecule has 3 heterocycles. The summed E-state index contributed by atoms with van der Waals surface area (Å²) >= 11 is 1.90. The van der Waals surface area contributed by atoms with Gasteiger partial charge in [-0.05, 0) is 37.3 Å². The summed E-state index contributed by atoms with van der Waals surface area (Å²) in [6.07, 6.45) is 3.11. The average molecular weight is 290 g/mol. The van der Waals surface area contributed by atoms with Crippen molar-refractivity contribution in [1.82, 2.24) is 20.4 Å². The topological polar surface area (TPSA) is 44.0 Å². The van der Waals surface area contributed by atoms with Crippen molar-refractivity contribution in [3.8, 4) is 0 Å². The molecule has 4 nitrogen and oxygen atoms in total. The Morgan fingerprint density at radius 2 is 2.45 bits per heavy atom. The molecule has 0 aromatic carbocycles. The number of rotatable bonds is 5. The second-order valence-corrected chi connectivity index (χ2v) is 6.59. The van der Waals surface area contributed by atoms with Crippen LogP contribution in [0.2, 0.25) is 0 Å². The molecule has 3 rings (SSSR count). The fourth-order valence-electron chi connectivity index (χ4n) is 2.75. The van der Waals surface area contributed by atoms with E-state index in [1.807, 2.05) is 17.5 Å². The second-order valence-electron chi connectivity index (χ2n) is 5.59. The molecule has 0 amide bonds. The number of aryl methyl sites for hydroxylation is 1. The third kappa shape index (κ3) is 2.95. The lowest BCUT2D eigenvalue weighted by atomic mass is 10.1. The molecule has 0 saturated carbocycles. The lowest BCUT2D eigenvalue weighted by Gasteiger charge is -2.32. The van der Waals surface area contributed by atoms with Gasteiger partial charge in [0.2, 0.25) is 0 Å². The maximum Gasteiger partial charge on any atom is 0.0535 e. The van der Waals surface area contributed by atoms with Crippen molar-refractivity contribution < 1.29 is 0 Å². The summed E-state index contributed by atoms with van der Waals surface area (Å²) in [6.45, 7) is 8.57. The van der Waals surface area contributed by atoms with Crippen molar-refractivity contribution in [3.63, 3.8) is 0 Å². The Kier molecular flexibility index (Phi) is 4.19. The predicted octanol–water partition coefficient (Wildman–Crippen LogP) is 2.32. The highest BCUT2D eigenvalue weighted by Gasteiger charge is 2.21. The minimum absolute atomic E-state index is 0.565.